The molecule has 0 radical (unpaired) electrons. The smallest absolute Gasteiger partial charge is 0.277 e. The highest BCUT2D eigenvalue weighted by atomic mass is 16.5. The predicted octanol–water partition coefficient (Wildman–Crippen LogP) is 1.85. The van der Waals surface area contributed by atoms with Crippen molar-refractivity contribution >= 4 is 17.5 Å². The zero-order chi connectivity index (χ0) is 13.7. The van der Waals surface area contributed by atoms with E-state index in [2.05, 4.69) is 32.9 Å². The van der Waals surface area contributed by atoms with Crippen LogP contribution in [0.15, 0.2) is 22.7 Å². The number of anilines is 2. The normalized spacial score (nSPS) is 10.2. The van der Waals surface area contributed by atoms with Gasteiger partial charge < -0.3 is 15.2 Å². The Morgan fingerprint density at radius 3 is 2.74 bits per heavy atom. The first kappa shape index (κ1) is 13.0. The molecule has 7 heteroatoms. The van der Waals surface area contributed by atoms with Gasteiger partial charge in [-0.25, -0.2) is 0 Å². The van der Waals surface area contributed by atoms with Crippen molar-refractivity contribution in [1.82, 2.24) is 15.4 Å². The molecule has 0 aliphatic heterocycles. The SMILES string of the molecule is CCCNc1ccc(C(=O)Nc2cc(C)on2)nn1. The molecule has 0 aromatic carbocycles. The summed E-state index contributed by atoms with van der Waals surface area (Å²) in [4.78, 5) is 11.8. The van der Waals surface area contributed by atoms with E-state index < -0.39 is 0 Å². The van der Waals surface area contributed by atoms with E-state index in [4.69, 9.17) is 4.52 Å². The van der Waals surface area contributed by atoms with Gasteiger partial charge in [-0.15, -0.1) is 10.2 Å². The quantitative estimate of drug-likeness (QED) is 0.853. The highest BCUT2D eigenvalue weighted by Crippen LogP contribution is 2.09. The third-order valence-electron chi connectivity index (χ3n) is 2.32. The van der Waals surface area contributed by atoms with Crippen LogP contribution in [0.25, 0.3) is 0 Å². The summed E-state index contributed by atoms with van der Waals surface area (Å²) in [6, 6.07) is 4.95. The zero-order valence-corrected chi connectivity index (χ0v) is 10.8. The van der Waals surface area contributed by atoms with Crippen LogP contribution >= 0.6 is 0 Å². The van der Waals surface area contributed by atoms with Gasteiger partial charge in [0.15, 0.2) is 11.5 Å². The summed E-state index contributed by atoms with van der Waals surface area (Å²) in [6.45, 7) is 4.62. The largest absolute Gasteiger partial charge is 0.369 e. The van der Waals surface area contributed by atoms with Gasteiger partial charge >= 0.3 is 0 Å². The first-order chi connectivity index (χ1) is 9.19. The fraction of sp³-hybridized carbons (Fsp3) is 0.333. The van der Waals surface area contributed by atoms with E-state index in [0.29, 0.717) is 17.4 Å². The second-order valence-corrected chi connectivity index (χ2v) is 4.01. The van der Waals surface area contributed by atoms with Crippen LogP contribution < -0.4 is 10.6 Å². The lowest BCUT2D eigenvalue weighted by atomic mass is 10.3. The molecule has 2 heterocycles. The van der Waals surface area contributed by atoms with E-state index in [0.717, 1.165) is 13.0 Å². The minimum absolute atomic E-state index is 0.225. The van der Waals surface area contributed by atoms with E-state index in [-0.39, 0.29) is 11.6 Å². The highest BCUT2D eigenvalue weighted by Gasteiger charge is 2.10. The van der Waals surface area contributed by atoms with Crippen LogP contribution in [0.2, 0.25) is 0 Å². The number of carbonyl (C=O) groups excluding carboxylic acids is 1. The summed E-state index contributed by atoms with van der Waals surface area (Å²) >= 11 is 0. The molecule has 1 amide bonds. The summed E-state index contributed by atoms with van der Waals surface area (Å²) < 4.78 is 4.85. The molecule has 0 bridgehead atoms. The molecule has 2 rings (SSSR count). The molecule has 0 saturated heterocycles. The zero-order valence-electron chi connectivity index (χ0n) is 10.8. The average Bonchev–Trinajstić information content (AvgIpc) is 2.82. The number of aromatic nitrogens is 3. The number of carbonyl (C=O) groups is 1. The number of hydrogen-bond donors (Lipinski definition) is 2. The van der Waals surface area contributed by atoms with Gasteiger partial charge in [-0.1, -0.05) is 12.1 Å². The van der Waals surface area contributed by atoms with Gasteiger partial charge in [0.1, 0.15) is 11.6 Å². The van der Waals surface area contributed by atoms with Crippen LogP contribution in [-0.2, 0) is 0 Å². The maximum atomic E-state index is 11.8. The van der Waals surface area contributed by atoms with E-state index in [1.54, 1.807) is 25.1 Å². The Morgan fingerprint density at radius 1 is 1.32 bits per heavy atom. The van der Waals surface area contributed by atoms with E-state index in [1.807, 2.05) is 0 Å². The van der Waals surface area contributed by atoms with Crippen molar-refractivity contribution in [2.75, 3.05) is 17.2 Å². The van der Waals surface area contributed by atoms with Crippen LogP contribution in [0.5, 0.6) is 0 Å². The van der Waals surface area contributed by atoms with Gasteiger partial charge in [0, 0.05) is 12.6 Å². The summed E-state index contributed by atoms with van der Waals surface area (Å²) in [5.41, 5.74) is 0.225. The molecule has 2 aromatic rings. The number of nitrogens with zero attached hydrogens (tertiary/aromatic N) is 3. The number of rotatable bonds is 5. The molecule has 0 fully saturated rings. The van der Waals surface area contributed by atoms with E-state index in [1.165, 1.54) is 0 Å². The predicted molar refractivity (Wildman–Crippen MR) is 70.0 cm³/mol. The molecule has 0 aliphatic rings. The maximum Gasteiger partial charge on any atom is 0.277 e. The van der Waals surface area contributed by atoms with Crippen molar-refractivity contribution in [3.8, 4) is 0 Å². The van der Waals surface area contributed by atoms with Crippen molar-refractivity contribution < 1.29 is 9.32 Å². The molecule has 7 nitrogen and oxygen atoms in total. The fourth-order valence-corrected chi connectivity index (χ4v) is 1.41. The van der Waals surface area contributed by atoms with Crippen LogP contribution in [0.3, 0.4) is 0 Å². The van der Waals surface area contributed by atoms with Gasteiger partial charge in [-0.05, 0) is 25.5 Å². The second kappa shape index (κ2) is 5.94. The van der Waals surface area contributed by atoms with Crippen molar-refractivity contribution in [1.29, 1.82) is 0 Å². The molecule has 19 heavy (non-hydrogen) atoms. The lowest BCUT2D eigenvalue weighted by molar-refractivity contribution is 0.102. The molecule has 100 valence electrons. The number of hydrogen-bond acceptors (Lipinski definition) is 6. The second-order valence-electron chi connectivity index (χ2n) is 4.01. The Kier molecular flexibility index (Phi) is 4.07. The summed E-state index contributed by atoms with van der Waals surface area (Å²) in [6.07, 6.45) is 0.995. The van der Waals surface area contributed by atoms with Gasteiger partial charge in [0.2, 0.25) is 0 Å². The van der Waals surface area contributed by atoms with Crippen LogP contribution in [0.1, 0.15) is 29.6 Å². The summed E-state index contributed by atoms with van der Waals surface area (Å²) in [5.74, 6) is 1.26. The van der Waals surface area contributed by atoms with Gasteiger partial charge in [0.25, 0.3) is 5.91 Å². The van der Waals surface area contributed by atoms with E-state index in [9.17, 15) is 4.79 Å². The monoisotopic (exact) mass is 261 g/mol. The summed E-state index contributed by atoms with van der Waals surface area (Å²) in [5, 5.41) is 17.1. The first-order valence-electron chi connectivity index (χ1n) is 6.01. The fourth-order valence-electron chi connectivity index (χ4n) is 1.41. The van der Waals surface area contributed by atoms with Crippen LogP contribution in [0.4, 0.5) is 11.6 Å². The number of amides is 1. The van der Waals surface area contributed by atoms with E-state index >= 15 is 0 Å². The van der Waals surface area contributed by atoms with Crippen LogP contribution in [0, 0.1) is 6.92 Å². The Hall–Kier alpha value is -2.44. The topological polar surface area (TPSA) is 92.9 Å². The minimum Gasteiger partial charge on any atom is -0.369 e. The molecular weight excluding hydrogens is 246 g/mol. The number of aryl methyl sites for hydroxylation is 1. The van der Waals surface area contributed by atoms with Crippen molar-refractivity contribution in [3.05, 3.63) is 29.7 Å². The third kappa shape index (κ3) is 3.51. The molecule has 0 saturated carbocycles. The van der Waals surface area contributed by atoms with Gasteiger partial charge in [-0.2, -0.15) is 0 Å². The first-order valence-corrected chi connectivity index (χ1v) is 6.01. The Balaban J connectivity index is 1.99. The minimum atomic E-state index is -0.372. The lowest BCUT2D eigenvalue weighted by Gasteiger charge is -2.03. The van der Waals surface area contributed by atoms with Crippen LogP contribution in [-0.4, -0.2) is 27.8 Å². The van der Waals surface area contributed by atoms with Crippen molar-refractivity contribution in [2.24, 2.45) is 0 Å². The molecular formula is C12H15N5O2. The molecule has 0 aliphatic carbocycles. The Morgan fingerprint density at radius 2 is 2.16 bits per heavy atom. The van der Waals surface area contributed by atoms with Crippen molar-refractivity contribution in [2.45, 2.75) is 20.3 Å². The van der Waals surface area contributed by atoms with Crippen molar-refractivity contribution in [3.63, 3.8) is 0 Å². The van der Waals surface area contributed by atoms with Gasteiger partial charge in [0.05, 0.1) is 0 Å². The highest BCUT2D eigenvalue weighted by molar-refractivity contribution is 6.02. The van der Waals surface area contributed by atoms with Gasteiger partial charge in [-0.3, -0.25) is 4.79 Å². The summed E-state index contributed by atoms with van der Waals surface area (Å²) in [7, 11) is 0. The lowest BCUT2D eigenvalue weighted by Crippen LogP contribution is -2.15. The average molecular weight is 261 g/mol. The molecule has 2 aromatic heterocycles. The Bertz CT molecular complexity index is 550. The maximum absolute atomic E-state index is 11.8. The Labute approximate surface area is 110 Å². The third-order valence-corrected chi connectivity index (χ3v) is 2.32. The number of nitrogens with one attached hydrogen (secondary N) is 2. The molecule has 0 spiro atoms. The standard InChI is InChI=1S/C12H15N5O2/c1-3-6-13-10-5-4-9(15-16-10)12(18)14-11-7-8(2)19-17-11/h4-5,7H,3,6H2,1-2H3,(H,13,16)(H,14,17,18). The molecule has 0 unspecified atom stereocenters. The molecule has 2 N–H and O–H groups in total. The molecule has 0 atom stereocenters.